The number of methoxy groups -OCH3 is 1. The molecule has 0 saturated carbocycles. The lowest BCUT2D eigenvalue weighted by molar-refractivity contribution is 0.0657. The Balaban J connectivity index is 1.63. The minimum absolute atomic E-state index is 0.133. The normalized spacial score (nSPS) is 25.1. The van der Waals surface area contributed by atoms with Gasteiger partial charge in [0.1, 0.15) is 5.75 Å². The zero-order valence-electron chi connectivity index (χ0n) is 11.9. The van der Waals surface area contributed by atoms with E-state index in [-0.39, 0.29) is 18.1 Å². The van der Waals surface area contributed by atoms with Crippen LogP contribution in [0.1, 0.15) is 35.3 Å². The number of rotatable bonds is 1. The molecule has 104 valence electrons. The highest BCUT2D eigenvalue weighted by Crippen LogP contribution is 2.53. The molecule has 4 rings (SSSR count). The van der Waals surface area contributed by atoms with E-state index in [4.69, 9.17) is 9.47 Å². The Morgan fingerprint density at radius 1 is 1.05 bits per heavy atom. The Morgan fingerprint density at radius 3 is 2.67 bits per heavy atom. The van der Waals surface area contributed by atoms with Crippen LogP contribution >= 0.6 is 0 Å². The molecule has 2 heteroatoms. The summed E-state index contributed by atoms with van der Waals surface area (Å²) in [6.07, 6.45) is 1.35. The van der Waals surface area contributed by atoms with Crippen molar-refractivity contribution in [3.63, 3.8) is 0 Å². The third kappa shape index (κ3) is 2.02. The Bertz CT molecular complexity index is 738. The molecule has 2 heterocycles. The van der Waals surface area contributed by atoms with E-state index in [9.17, 15) is 0 Å². The minimum Gasteiger partial charge on any atom is -0.495 e. The van der Waals surface area contributed by atoms with Crippen LogP contribution in [0, 0.1) is 17.8 Å². The van der Waals surface area contributed by atoms with Gasteiger partial charge in [0.05, 0.1) is 30.8 Å². The van der Waals surface area contributed by atoms with Gasteiger partial charge in [0.2, 0.25) is 0 Å². The smallest absolute Gasteiger partial charge is 0.134 e. The first-order valence-corrected chi connectivity index (χ1v) is 7.25. The van der Waals surface area contributed by atoms with Crippen molar-refractivity contribution in [3.8, 4) is 17.6 Å². The summed E-state index contributed by atoms with van der Waals surface area (Å²) >= 11 is 0. The maximum Gasteiger partial charge on any atom is 0.134 e. The number of fused-ring (bicyclic) bond motifs is 5. The van der Waals surface area contributed by atoms with Crippen LogP contribution in [0.15, 0.2) is 48.5 Å². The third-order valence-corrected chi connectivity index (χ3v) is 4.29. The zero-order valence-corrected chi connectivity index (χ0v) is 11.9. The van der Waals surface area contributed by atoms with E-state index in [1.807, 2.05) is 24.3 Å². The van der Waals surface area contributed by atoms with Gasteiger partial charge in [-0.1, -0.05) is 48.2 Å². The number of hydrogen-bond acceptors (Lipinski definition) is 2. The van der Waals surface area contributed by atoms with Gasteiger partial charge in [0.25, 0.3) is 0 Å². The summed E-state index contributed by atoms with van der Waals surface area (Å²) in [6, 6.07) is 16.4. The molecule has 2 nitrogen and oxygen atoms in total. The van der Waals surface area contributed by atoms with E-state index in [2.05, 4.69) is 36.1 Å². The number of hydrogen-bond donors (Lipinski definition) is 0. The summed E-state index contributed by atoms with van der Waals surface area (Å²) in [7, 11) is 1.68. The zero-order chi connectivity index (χ0) is 14.2. The van der Waals surface area contributed by atoms with Gasteiger partial charge in [-0.2, -0.15) is 0 Å². The molecule has 2 aromatic rings. The molecule has 21 heavy (non-hydrogen) atoms. The van der Waals surface area contributed by atoms with Gasteiger partial charge in [0.15, 0.2) is 0 Å². The second-order valence-corrected chi connectivity index (χ2v) is 5.49. The average molecular weight is 276 g/mol. The van der Waals surface area contributed by atoms with E-state index < -0.39 is 0 Å². The van der Waals surface area contributed by atoms with Crippen molar-refractivity contribution in [2.24, 2.45) is 5.92 Å². The second kappa shape index (κ2) is 4.95. The third-order valence-electron chi connectivity index (χ3n) is 4.29. The number of benzene rings is 2. The standard InChI is InChI=1S/C19H16O2/c1-20-17-9-5-2-6-13(17)10-11-14-12-18-15-7-3-4-8-16(15)19(14)21-18/h2-9,14,18-19H,12H2,1H3. The molecular weight excluding hydrogens is 260 g/mol. The molecule has 0 N–H and O–H groups in total. The van der Waals surface area contributed by atoms with Crippen LogP contribution in [-0.4, -0.2) is 7.11 Å². The van der Waals surface area contributed by atoms with Gasteiger partial charge in [-0.3, -0.25) is 0 Å². The van der Waals surface area contributed by atoms with E-state index in [1.165, 1.54) is 11.1 Å². The number of ether oxygens (including phenoxy) is 2. The Morgan fingerprint density at radius 2 is 1.81 bits per heavy atom. The van der Waals surface area contributed by atoms with Crippen LogP contribution in [0.3, 0.4) is 0 Å². The Labute approximate surface area is 124 Å². The Hall–Kier alpha value is -2.24. The van der Waals surface area contributed by atoms with Crippen LogP contribution in [0.2, 0.25) is 0 Å². The van der Waals surface area contributed by atoms with Crippen LogP contribution in [-0.2, 0) is 4.74 Å². The lowest BCUT2D eigenvalue weighted by atomic mass is 9.84. The fraction of sp³-hybridized carbons (Fsp3) is 0.263. The van der Waals surface area contributed by atoms with E-state index in [0.29, 0.717) is 0 Å². The SMILES string of the molecule is COc1ccccc1C#CC1CC2OC1c1ccccc12. The number of para-hydroxylation sites is 1. The maximum absolute atomic E-state index is 6.07. The molecule has 2 aromatic carbocycles. The molecule has 0 amide bonds. The molecule has 1 saturated heterocycles. The molecule has 2 aliphatic rings. The highest BCUT2D eigenvalue weighted by atomic mass is 16.5. The summed E-state index contributed by atoms with van der Waals surface area (Å²) in [5.41, 5.74) is 3.60. The lowest BCUT2D eigenvalue weighted by Gasteiger charge is -2.16. The molecule has 0 aliphatic carbocycles. The van der Waals surface area contributed by atoms with Crippen molar-refractivity contribution in [2.75, 3.05) is 7.11 Å². The minimum atomic E-state index is 0.133. The summed E-state index contributed by atoms with van der Waals surface area (Å²) in [5, 5.41) is 0. The summed E-state index contributed by atoms with van der Waals surface area (Å²) < 4.78 is 11.4. The first-order chi connectivity index (χ1) is 10.4. The van der Waals surface area contributed by atoms with Gasteiger partial charge >= 0.3 is 0 Å². The molecule has 2 aliphatic heterocycles. The van der Waals surface area contributed by atoms with Gasteiger partial charge in [-0.15, -0.1) is 0 Å². The van der Waals surface area contributed by atoms with Crippen LogP contribution in [0.25, 0.3) is 0 Å². The molecule has 1 fully saturated rings. The topological polar surface area (TPSA) is 18.5 Å². The van der Waals surface area contributed by atoms with Crippen molar-refractivity contribution in [2.45, 2.75) is 18.6 Å². The second-order valence-electron chi connectivity index (χ2n) is 5.49. The molecule has 3 unspecified atom stereocenters. The predicted molar refractivity (Wildman–Crippen MR) is 81.0 cm³/mol. The molecule has 0 spiro atoms. The summed E-state index contributed by atoms with van der Waals surface area (Å²) in [6.45, 7) is 0. The fourth-order valence-corrected chi connectivity index (χ4v) is 3.29. The summed E-state index contributed by atoms with van der Waals surface area (Å²) in [4.78, 5) is 0. The molecule has 0 radical (unpaired) electrons. The highest BCUT2D eigenvalue weighted by Gasteiger charge is 2.44. The van der Waals surface area contributed by atoms with Crippen molar-refractivity contribution < 1.29 is 9.47 Å². The molecule has 3 atom stereocenters. The first kappa shape index (κ1) is 12.5. The first-order valence-electron chi connectivity index (χ1n) is 7.25. The molecule has 0 aromatic heterocycles. The van der Waals surface area contributed by atoms with Crippen LogP contribution < -0.4 is 4.74 Å². The largest absolute Gasteiger partial charge is 0.495 e. The summed E-state index contributed by atoms with van der Waals surface area (Å²) in [5.74, 6) is 7.76. The fourth-order valence-electron chi connectivity index (χ4n) is 3.29. The Kier molecular flexibility index (Phi) is 2.94. The predicted octanol–water partition coefficient (Wildman–Crippen LogP) is 3.88. The van der Waals surface area contributed by atoms with Crippen LogP contribution in [0.5, 0.6) is 5.75 Å². The van der Waals surface area contributed by atoms with Crippen LogP contribution in [0.4, 0.5) is 0 Å². The lowest BCUT2D eigenvalue weighted by Crippen LogP contribution is -2.08. The van der Waals surface area contributed by atoms with Gasteiger partial charge < -0.3 is 9.47 Å². The van der Waals surface area contributed by atoms with E-state index >= 15 is 0 Å². The average Bonchev–Trinajstić information content (AvgIpc) is 3.12. The quantitative estimate of drug-likeness (QED) is 0.736. The van der Waals surface area contributed by atoms with Gasteiger partial charge in [-0.25, -0.2) is 0 Å². The highest BCUT2D eigenvalue weighted by molar-refractivity contribution is 5.47. The van der Waals surface area contributed by atoms with E-state index in [0.717, 1.165) is 17.7 Å². The van der Waals surface area contributed by atoms with Crippen molar-refractivity contribution >= 4 is 0 Å². The van der Waals surface area contributed by atoms with Crippen molar-refractivity contribution in [3.05, 3.63) is 65.2 Å². The molecular formula is C19H16O2. The monoisotopic (exact) mass is 276 g/mol. The van der Waals surface area contributed by atoms with Gasteiger partial charge in [-0.05, 0) is 29.7 Å². The molecule has 2 bridgehead atoms. The maximum atomic E-state index is 6.07. The van der Waals surface area contributed by atoms with E-state index in [1.54, 1.807) is 7.11 Å². The van der Waals surface area contributed by atoms with Crippen molar-refractivity contribution in [1.29, 1.82) is 0 Å². The van der Waals surface area contributed by atoms with Gasteiger partial charge in [0, 0.05) is 0 Å². The van der Waals surface area contributed by atoms with Crippen molar-refractivity contribution in [1.82, 2.24) is 0 Å².